The minimum atomic E-state index is -0.251. The van der Waals surface area contributed by atoms with E-state index in [9.17, 15) is 4.79 Å². The first kappa shape index (κ1) is 16.2. The third-order valence-corrected chi connectivity index (χ3v) is 3.92. The van der Waals surface area contributed by atoms with Crippen LogP contribution >= 0.6 is 0 Å². The van der Waals surface area contributed by atoms with Crippen molar-refractivity contribution in [3.05, 3.63) is 59.7 Å². The van der Waals surface area contributed by atoms with Crippen molar-refractivity contribution in [2.24, 2.45) is 0 Å². The number of cyclic esters (lactones) is 1. The van der Waals surface area contributed by atoms with Crippen LogP contribution < -0.4 is 9.47 Å². The lowest BCUT2D eigenvalue weighted by atomic mass is 10.2. The number of nitrogens with zero attached hydrogens (tertiary/aromatic N) is 1. The molecule has 1 heterocycles. The summed E-state index contributed by atoms with van der Waals surface area (Å²) in [4.78, 5) is 13.3. The summed E-state index contributed by atoms with van der Waals surface area (Å²) in [7, 11) is 1.65. The van der Waals surface area contributed by atoms with E-state index in [1.54, 1.807) is 12.0 Å². The molecule has 1 saturated heterocycles. The molecule has 0 aliphatic carbocycles. The first-order chi connectivity index (χ1) is 11.7. The van der Waals surface area contributed by atoms with Crippen LogP contribution in [-0.4, -0.2) is 30.8 Å². The Balaban J connectivity index is 1.58. The van der Waals surface area contributed by atoms with Gasteiger partial charge in [-0.25, -0.2) is 4.79 Å². The first-order valence-electron chi connectivity index (χ1n) is 7.95. The normalized spacial score (nSPS) is 16.8. The van der Waals surface area contributed by atoms with E-state index >= 15 is 0 Å². The fraction of sp³-hybridized carbons (Fsp3) is 0.316. The van der Waals surface area contributed by atoms with Crippen molar-refractivity contribution in [3.63, 3.8) is 0 Å². The van der Waals surface area contributed by atoms with Gasteiger partial charge in [0.2, 0.25) is 0 Å². The molecule has 1 unspecified atom stereocenters. The number of benzene rings is 2. The van der Waals surface area contributed by atoms with Crippen LogP contribution in [0.3, 0.4) is 0 Å². The average Bonchev–Trinajstić information content (AvgIpc) is 2.91. The zero-order valence-corrected chi connectivity index (χ0v) is 13.9. The molecule has 5 heteroatoms. The predicted octanol–water partition coefficient (Wildman–Crippen LogP) is 3.61. The Bertz CT molecular complexity index is 699. The Labute approximate surface area is 141 Å². The number of ether oxygens (including phenoxy) is 3. The van der Waals surface area contributed by atoms with E-state index in [0.717, 1.165) is 22.6 Å². The fourth-order valence-corrected chi connectivity index (χ4v) is 2.69. The summed E-state index contributed by atoms with van der Waals surface area (Å²) in [6.45, 7) is 3.52. The maximum absolute atomic E-state index is 11.6. The molecular formula is C19H21NO4. The van der Waals surface area contributed by atoms with Crippen molar-refractivity contribution in [3.8, 4) is 11.5 Å². The topological polar surface area (TPSA) is 48.0 Å². The third-order valence-electron chi connectivity index (χ3n) is 3.92. The highest BCUT2D eigenvalue weighted by molar-refractivity contribution is 5.69. The van der Waals surface area contributed by atoms with Crippen molar-refractivity contribution >= 4 is 6.09 Å². The number of hydrogen-bond donors (Lipinski definition) is 0. The Hall–Kier alpha value is -2.69. The lowest BCUT2D eigenvalue weighted by Gasteiger charge is -2.13. The lowest BCUT2D eigenvalue weighted by Crippen LogP contribution is -2.24. The maximum atomic E-state index is 11.6. The standard InChI is InChI=1S/C19H21NO4/c1-14-11-20(19(21)24-14)12-15-7-9-17(10-8-15)23-13-16-5-3-4-6-18(16)22-2/h3-10,14H,11-13H2,1-2H3. The summed E-state index contributed by atoms with van der Waals surface area (Å²) in [5.41, 5.74) is 2.04. The zero-order valence-electron chi connectivity index (χ0n) is 13.9. The summed E-state index contributed by atoms with van der Waals surface area (Å²) in [5, 5.41) is 0. The molecule has 0 bridgehead atoms. The molecule has 126 valence electrons. The first-order valence-corrected chi connectivity index (χ1v) is 7.95. The monoisotopic (exact) mass is 327 g/mol. The van der Waals surface area contributed by atoms with Gasteiger partial charge < -0.3 is 19.1 Å². The van der Waals surface area contributed by atoms with Gasteiger partial charge in [0, 0.05) is 12.1 Å². The Kier molecular flexibility index (Phi) is 4.89. The number of para-hydroxylation sites is 1. The molecule has 1 aliphatic rings. The van der Waals surface area contributed by atoms with E-state index in [1.165, 1.54) is 0 Å². The zero-order chi connectivity index (χ0) is 16.9. The van der Waals surface area contributed by atoms with E-state index < -0.39 is 0 Å². The molecule has 2 aromatic carbocycles. The molecule has 0 radical (unpaired) electrons. The van der Waals surface area contributed by atoms with Crippen molar-refractivity contribution in [1.29, 1.82) is 0 Å². The molecule has 0 N–H and O–H groups in total. The highest BCUT2D eigenvalue weighted by Crippen LogP contribution is 2.21. The van der Waals surface area contributed by atoms with E-state index in [0.29, 0.717) is 19.7 Å². The van der Waals surface area contributed by atoms with Gasteiger partial charge in [0.25, 0.3) is 0 Å². The van der Waals surface area contributed by atoms with Gasteiger partial charge in [0.15, 0.2) is 0 Å². The van der Waals surface area contributed by atoms with Gasteiger partial charge in [-0.2, -0.15) is 0 Å². The molecule has 0 aromatic heterocycles. The third kappa shape index (κ3) is 3.79. The molecular weight excluding hydrogens is 306 g/mol. The van der Waals surface area contributed by atoms with Gasteiger partial charge in [0.1, 0.15) is 24.2 Å². The Morgan fingerprint density at radius 1 is 1.17 bits per heavy atom. The van der Waals surface area contributed by atoms with Gasteiger partial charge in [-0.3, -0.25) is 0 Å². The van der Waals surface area contributed by atoms with Crippen molar-refractivity contribution in [2.75, 3.05) is 13.7 Å². The molecule has 5 nitrogen and oxygen atoms in total. The molecule has 2 aromatic rings. The number of carbonyl (C=O) groups is 1. The molecule has 24 heavy (non-hydrogen) atoms. The largest absolute Gasteiger partial charge is 0.496 e. The highest BCUT2D eigenvalue weighted by atomic mass is 16.6. The van der Waals surface area contributed by atoms with E-state index in [4.69, 9.17) is 14.2 Å². The van der Waals surface area contributed by atoms with Gasteiger partial charge in [0.05, 0.1) is 13.7 Å². The second-order valence-electron chi connectivity index (χ2n) is 5.82. The minimum absolute atomic E-state index is 0.0408. The van der Waals surface area contributed by atoms with Gasteiger partial charge in [-0.15, -0.1) is 0 Å². The molecule has 3 rings (SSSR count). The van der Waals surface area contributed by atoms with Crippen molar-refractivity contribution < 1.29 is 19.0 Å². The molecule has 1 aliphatic heterocycles. The van der Waals surface area contributed by atoms with Crippen LogP contribution in [0.2, 0.25) is 0 Å². The SMILES string of the molecule is COc1ccccc1COc1ccc(CN2CC(C)OC2=O)cc1. The van der Waals surface area contributed by atoms with Gasteiger partial charge >= 0.3 is 6.09 Å². The number of hydrogen-bond acceptors (Lipinski definition) is 4. The second kappa shape index (κ2) is 7.25. The number of carbonyl (C=O) groups excluding carboxylic acids is 1. The van der Waals surface area contributed by atoms with Gasteiger partial charge in [-0.1, -0.05) is 30.3 Å². The highest BCUT2D eigenvalue weighted by Gasteiger charge is 2.27. The fourth-order valence-electron chi connectivity index (χ4n) is 2.69. The quantitative estimate of drug-likeness (QED) is 0.813. The lowest BCUT2D eigenvalue weighted by molar-refractivity contribution is 0.137. The van der Waals surface area contributed by atoms with Crippen LogP contribution in [0, 0.1) is 0 Å². The smallest absolute Gasteiger partial charge is 0.410 e. The average molecular weight is 327 g/mol. The second-order valence-corrected chi connectivity index (χ2v) is 5.82. The summed E-state index contributed by atoms with van der Waals surface area (Å²) < 4.78 is 16.3. The molecule has 1 fully saturated rings. The number of amides is 1. The van der Waals surface area contributed by atoms with Crippen LogP contribution in [0.4, 0.5) is 4.79 Å². The van der Waals surface area contributed by atoms with Crippen molar-refractivity contribution in [2.45, 2.75) is 26.2 Å². The number of methoxy groups -OCH3 is 1. The summed E-state index contributed by atoms with van der Waals surface area (Å²) in [6, 6.07) is 15.5. The van der Waals surface area contributed by atoms with E-state index in [2.05, 4.69) is 0 Å². The van der Waals surface area contributed by atoms with Crippen LogP contribution in [-0.2, 0) is 17.9 Å². The Morgan fingerprint density at radius 2 is 1.92 bits per heavy atom. The van der Waals surface area contributed by atoms with Gasteiger partial charge in [-0.05, 0) is 30.7 Å². The number of rotatable bonds is 6. The predicted molar refractivity (Wildman–Crippen MR) is 90.1 cm³/mol. The summed E-state index contributed by atoms with van der Waals surface area (Å²) >= 11 is 0. The maximum Gasteiger partial charge on any atom is 0.410 e. The van der Waals surface area contributed by atoms with E-state index in [-0.39, 0.29) is 12.2 Å². The molecule has 1 amide bonds. The van der Waals surface area contributed by atoms with E-state index in [1.807, 2.05) is 55.5 Å². The summed E-state index contributed by atoms with van der Waals surface area (Å²) in [5.74, 6) is 1.60. The molecule has 0 saturated carbocycles. The van der Waals surface area contributed by atoms with Crippen molar-refractivity contribution in [1.82, 2.24) is 4.90 Å². The molecule has 0 spiro atoms. The van der Waals surface area contributed by atoms with Crippen LogP contribution in [0.15, 0.2) is 48.5 Å². The summed E-state index contributed by atoms with van der Waals surface area (Å²) in [6.07, 6.45) is -0.292. The van der Waals surface area contributed by atoms with Crippen LogP contribution in [0.5, 0.6) is 11.5 Å². The van der Waals surface area contributed by atoms with Crippen LogP contribution in [0.25, 0.3) is 0 Å². The van der Waals surface area contributed by atoms with Crippen LogP contribution in [0.1, 0.15) is 18.1 Å². The molecule has 1 atom stereocenters. The minimum Gasteiger partial charge on any atom is -0.496 e. The Morgan fingerprint density at radius 3 is 2.58 bits per heavy atom.